The van der Waals surface area contributed by atoms with Gasteiger partial charge >= 0.3 is 0 Å². The quantitative estimate of drug-likeness (QED) is 0.0459. The average Bonchev–Trinajstić information content (AvgIpc) is 3.42. The first kappa shape index (κ1) is 55.5. The van der Waals surface area contributed by atoms with Crippen molar-refractivity contribution in [2.45, 2.75) is 184 Å². The lowest BCUT2D eigenvalue weighted by atomic mass is 9.91. The molecule has 0 aliphatic carbocycles. The third-order valence-electron chi connectivity index (χ3n) is 15.8. The van der Waals surface area contributed by atoms with Crippen LogP contribution in [0, 0.1) is 23.7 Å². The van der Waals surface area contributed by atoms with Crippen LogP contribution in [0.5, 0.6) is 0 Å². The van der Waals surface area contributed by atoms with Crippen LogP contribution in [0.25, 0.3) is 67.1 Å². The van der Waals surface area contributed by atoms with Crippen molar-refractivity contribution in [1.82, 2.24) is 19.9 Å². The van der Waals surface area contributed by atoms with E-state index in [0.717, 1.165) is 102 Å². The SMILES string of the molecule is CCCCC(CC)Cc1ccc(-c2nc3c(Br)c4nc(-c5ccc(CC(CC)CCCC)cc5)c(-c5ccc(CC(CC)CCCC)cc5)nc4c(Br)c3nc2-c2ccc(CC(CC)CCCC)cc2)cc1. The highest BCUT2D eigenvalue weighted by molar-refractivity contribution is 9.11. The number of halogens is 2. The first-order valence-electron chi connectivity index (χ1n) is 28.4. The Bertz CT molecular complexity index is 2380. The fourth-order valence-corrected chi connectivity index (χ4v) is 11.9. The van der Waals surface area contributed by atoms with Gasteiger partial charge in [0.1, 0.15) is 22.1 Å². The Balaban J connectivity index is 1.38. The molecule has 0 aliphatic rings. The first-order chi connectivity index (χ1) is 35.1. The Kier molecular flexibility index (Phi) is 21.5. The molecule has 0 bridgehead atoms. The molecular formula is C66H84Br2N4. The summed E-state index contributed by atoms with van der Waals surface area (Å²) in [6.07, 6.45) is 24.4. The molecule has 0 radical (unpaired) electrons. The minimum atomic E-state index is 0.697. The van der Waals surface area contributed by atoms with Gasteiger partial charge in [-0.15, -0.1) is 0 Å². The number of nitrogens with zero attached hydrogens (tertiary/aromatic N) is 4. The highest BCUT2D eigenvalue weighted by atomic mass is 79.9. The molecule has 0 spiro atoms. The van der Waals surface area contributed by atoms with E-state index in [0.29, 0.717) is 23.7 Å². The van der Waals surface area contributed by atoms with Crippen molar-refractivity contribution in [3.63, 3.8) is 0 Å². The number of aromatic nitrogens is 4. The minimum absolute atomic E-state index is 0.697. The molecule has 7 rings (SSSR count). The molecule has 382 valence electrons. The summed E-state index contributed by atoms with van der Waals surface area (Å²) in [5.74, 6) is 2.79. The van der Waals surface area contributed by atoms with Crippen LogP contribution >= 0.6 is 31.9 Å². The van der Waals surface area contributed by atoms with Crippen LogP contribution in [-0.2, 0) is 25.7 Å². The van der Waals surface area contributed by atoms with Crippen molar-refractivity contribution in [2.24, 2.45) is 23.7 Å². The molecule has 7 aromatic rings. The normalized spacial score (nSPS) is 13.5. The van der Waals surface area contributed by atoms with E-state index in [1.165, 1.54) is 125 Å². The van der Waals surface area contributed by atoms with Crippen molar-refractivity contribution in [2.75, 3.05) is 0 Å². The molecule has 0 N–H and O–H groups in total. The topological polar surface area (TPSA) is 51.6 Å². The number of fused-ring (bicyclic) bond motifs is 2. The van der Waals surface area contributed by atoms with E-state index >= 15 is 0 Å². The van der Waals surface area contributed by atoms with E-state index in [1.54, 1.807) is 0 Å². The van der Waals surface area contributed by atoms with Crippen molar-refractivity contribution < 1.29 is 0 Å². The van der Waals surface area contributed by atoms with E-state index in [2.05, 4.69) is 184 Å². The molecule has 72 heavy (non-hydrogen) atoms. The maximum Gasteiger partial charge on any atom is 0.107 e. The summed E-state index contributed by atoms with van der Waals surface area (Å²) in [6.45, 7) is 18.5. The maximum absolute atomic E-state index is 5.60. The molecule has 4 unspecified atom stereocenters. The van der Waals surface area contributed by atoms with Crippen LogP contribution in [0.3, 0.4) is 0 Å². The van der Waals surface area contributed by atoms with Crippen LogP contribution in [0.1, 0.15) is 180 Å². The number of benzene rings is 5. The molecule has 0 fully saturated rings. The van der Waals surface area contributed by atoms with Crippen LogP contribution < -0.4 is 0 Å². The molecular weight excluding hydrogens is 1010 g/mol. The van der Waals surface area contributed by atoms with Gasteiger partial charge in [-0.25, -0.2) is 19.9 Å². The second-order valence-corrected chi connectivity index (χ2v) is 22.7. The fraction of sp³-hybridized carbons (Fsp3) is 0.485. The molecule has 0 saturated carbocycles. The predicted octanol–water partition coefficient (Wildman–Crippen LogP) is 20.8. The lowest BCUT2D eigenvalue weighted by molar-refractivity contribution is 0.449. The van der Waals surface area contributed by atoms with Gasteiger partial charge in [0.25, 0.3) is 0 Å². The lowest BCUT2D eigenvalue weighted by Gasteiger charge is -2.18. The number of rotatable bonds is 28. The summed E-state index contributed by atoms with van der Waals surface area (Å²) >= 11 is 8.23. The molecule has 5 aromatic carbocycles. The smallest absolute Gasteiger partial charge is 0.107 e. The Morgan fingerprint density at radius 2 is 0.500 bits per heavy atom. The van der Waals surface area contributed by atoms with E-state index in [4.69, 9.17) is 19.9 Å². The number of unbranched alkanes of at least 4 members (excludes halogenated alkanes) is 4. The maximum atomic E-state index is 5.60. The zero-order valence-electron chi connectivity index (χ0n) is 45.2. The van der Waals surface area contributed by atoms with E-state index < -0.39 is 0 Å². The zero-order chi connectivity index (χ0) is 51.0. The standard InChI is InChI=1S/C66H84Br2N4/c1-9-17-21-45(13-5)41-49-25-33-53(34-26-49)59-60(54-35-27-50(28-36-54)42-46(14-6)22-18-10-2)70-64-58(68)66-65(57(67)63(64)69-59)71-61(55-37-29-51(30-38-55)43-47(15-7)23-19-11-3)62(72-66)56-39-31-52(32-40-56)44-48(16-8)24-20-12-4/h25-40,45-48H,9-24,41-44H2,1-8H3. The van der Waals surface area contributed by atoms with Crippen LogP contribution in [0.4, 0.5) is 0 Å². The molecule has 0 saturated heterocycles. The summed E-state index contributed by atoms with van der Waals surface area (Å²) in [4.78, 5) is 22.4. The molecule has 6 heteroatoms. The van der Waals surface area contributed by atoms with E-state index in [9.17, 15) is 0 Å². The summed E-state index contributed by atoms with van der Waals surface area (Å²) in [6, 6.07) is 36.6. The minimum Gasteiger partial charge on any atom is -0.243 e. The third-order valence-corrected chi connectivity index (χ3v) is 17.3. The van der Waals surface area contributed by atoms with Gasteiger partial charge in [0, 0.05) is 22.3 Å². The molecule has 0 amide bonds. The molecule has 4 atom stereocenters. The predicted molar refractivity (Wildman–Crippen MR) is 318 cm³/mol. The van der Waals surface area contributed by atoms with E-state index in [-0.39, 0.29) is 0 Å². The van der Waals surface area contributed by atoms with Gasteiger partial charge in [0.05, 0.1) is 31.7 Å². The van der Waals surface area contributed by atoms with Gasteiger partial charge in [-0.1, -0.05) is 255 Å². The van der Waals surface area contributed by atoms with Gasteiger partial charge < -0.3 is 0 Å². The highest BCUT2D eigenvalue weighted by Crippen LogP contribution is 2.43. The van der Waals surface area contributed by atoms with Gasteiger partial charge in [-0.2, -0.15) is 0 Å². The fourth-order valence-electron chi connectivity index (χ4n) is 10.8. The number of hydrogen-bond acceptors (Lipinski definition) is 4. The van der Waals surface area contributed by atoms with Gasteiger partial charge in [0.15, 0.2) is 0 Å². The van der Waals surface area contributed by atoms with Crippen molar-refractivity contribution >= 4 is 53.9 Å². The van der Waals surface area contributed by atoms with Crippen molar-refractivity contribution in [3.8, 4) is 45.0 Å². The monoisotopic (exact) mass is 1090 g/mol. The summed E-state index contributed by atoms with van der Waals surface area (Å²) in [7, 11) is 0. The van der Waals surface area contributed by atoms with Crippen LogP contribution in [0.15, 0.2) is 106 Å². The van der Waals surface area contributed by atoms with Crippen molar-refractivity contribution in [3.05, 3.63) is 128 Å². The van der Waals surface area contributed by atoms with Gasteiger partial charge in [-0.05, 0) is 103 Å². The average molecular weight is 1090 g/mol. The largest absolute Gasteiger partial charge is 0.243 e. The zero-order valence-corrected chi connectivity index (χ0v) is 48.4. The number of hydrogen-bond donors (Lipinski definition) is 0. The first-order valence-corrected chi connectivity index (χ1v) is 30.0. The summed E-state index contributed by atoms with van der Waals surface area (Å²) in [5, 5.41) is 0. The van der Waals surface area contributed by atoms with Gasteiger partial charge in [-0.3, -0.25) is 0 Å². The Labute approximate surface area is 451 Å². The van der Waals surface area contributed by atoms with Gasteiger partial charge in [0.2, 0.25) is 0 Å². The van der Waals surface area contributed by atoms with E-state index in [1.807, 2.05) is 0 Å². The summed E-state index contributed by atoms with van der Waals surface area (Å²) in [5.41, 5.74) is 16.3. The molecule has 2 aromatic heterocycles. The highest BCUT2D eigenvalue weighted by Gasteiger charge is 2.24. The summed E-state index contributed by atoms with van der Waals surface area (Å²) < 4.78 is 1.60. The second-order valence-electron chi connectivity index (χ2n) is 21.1. The molecule has 0 aliphatic heterocycles. The Hall–Kier alpha value is -4.26. The van der Waals surface area contributed by atoms with Crippen molar-refractivity contribution in [1.29, 1.82) is 0 Å². The molecule has 2 heterocycles. The van der Waals surface area contributed by atoms with Crippen LogP contribution in [0.2, 0.25) is 0 Å². The Morgan fingerprint density at radius 3 is 0.667 bits per heavy atom. The lowest BCUT2D eigenvalue weighted by Crippen LogP contribution is -2.04. The van der Waals surface area contributed by atoms with Crippen LogP contribution in [-0.4, -0.2) is 19.9 Å². The molecule has 4 nitrogen and oxygen atoms in total. The second kappa shape index (κ2) is 27.9. The Morgan fingerprint density at radius 1 is 0.306 bits per heavy atom. The third kappa shape index (κ3) is 14.1.